The van der Waals surface area contributed by atoms with E-state index >= 15 is 0 Å². The van der Waals surface area contributed by atoms with Crippen molar-refractivity contribution in [2.75, 3.05) is 5.75 Å². The van der Waals surface area contributed by atoms with E-state index in [1.54, 1.807) is 11.1 Å². The summed E-state index contributed by atoms with van der Waals surface area (Å²) >= 11 is 5.03. The van der Waals surface area contributed by atoms with Gasteiger partial charge in [-0.25, -0.2) is 5.01 Å². The van der Waals surface area contributed by atoms with Crippen LogP contribution in [-0.4, -0.2) is 21.8 Å². The van der Waals surface area contributed by atoms with Crippen molar-refractivity contribution in [2.45, 2.75) is 6.17 Å². The Balaban J connectivity index is 1.93. The summed E-state index contributed by atoms with van der Waals surface area (Å²) in [6, 6.07) is 15.5. The molecule has 1 amide bonds. The largest absolute Gasteiger partial charge is 0.298 e. The van der Waals surface area contributed by atoms with Gasteiger partial charge in [-0.2, -0.15) is 0 Å². The van der Waals surface area contributed by atoms with E-state index in [9.17, 15) is 4.79 Å². The van der Waals surface area contributed by atoms with Crippen molar-refractivity contribution in [1.29, 1.82) is 0 Å². The SMILES string of the molecule is C=CCSC1=NN2C(=c3ccccc3=NC2c2ccccc2Br)C(=O)N1. The molecule has 1 unspecified atom stereocenters. The number of carbonyl (C=O) groups excluding carboxylic acids is 1. The number of hydrazone groups is 1. The molecule has 130 valence electrons. The lowest BCUT2D eigenvalue weighted by Crippen LogP contribution is -2.50. The predicted octanol–water partition coefficient (Wildman–Crippen LogP) is 2.51. The maximum absolute atomic E-state index is 12.9. The van der Waals surface area contributed by atoms with Crippen LogP contribution in [0.15, 0.2) is 75.8 Å². The predicted molar refractivity (Wildman–Crippen MR) is 108 cm³/mol. The van der Waals surface area contributed by atoms with Crippen molar-refractivity contribution in [3.05, 3.63) is 81.8 Å². The van der Waals surface area contributed by atoms with E-state index in [0.717, 1.165) is 20.6 Å². The third-order valence-corrected chi connectivity index (χ3v) is 5.62. The number of hydrogen-bond donors (Lipinski definition) is 1. The Morgan fingerprint density at radius 3 is 2.81 bits per heavy atom. The zero-order valence-electron chi connectivity index (χ0n) is 13.7. The summed E-state index contributed by atoms with van der Waals surface area (Å²) in [5, 5.41) is 11.4. The average molecular weight is 427 g/mol. The third-order valence-electron chi connectivity index (χ3n) is 4.04. The zero-order chi connectivity index (χ0) is 18.1. The summed E-state index contributed by atoms with van der Waals surface area (Å²) in [5.41, 5.74) is 1.46. The van der Waals surface area contributed by atoms with Crippen LogP contribution < -0.4 is 15.9 Å². The van der Waals surface area contributed by atoms with Crippen LogP contribution in [0.1, 0.15) is 11.7 Å². The molecule has 2 aliphatic rings. The Morgan fingerprint density at radius 2 is 2.00 bits per heavy atom. The van der Waals surface area contributed by atoms with E-state index in [0.29, 0.717) is 16.6 Å². The second-order valence-electron chi connectivity index (χ2n) is 5.69. The van der Waals surface area contributed by atoms with Crippen LogP contribution in [0.4, 0.5) is 0 Å². The number of hydrogen-bond acceptors (Lipinski definition) is 5. The van der Waals surface area contributed by atoms with Crippen LogP contribution >= 0.6 is 27.7 Å². The summed E-state index contributed by atoms with van der Waals surface area (Å²) in [6.45, 7) is 3.72. The molecule has 0 bridgehead atoms. The highest BCUT2D eigenvalue weighted by molar-refractivity contribution is 9.10. The molecule has 26 heavy (non-hydrogen) atoms. The van der Waals surface area contributed by atoms with Crippen LogP contribution in [0.3, 0.4) is 0 Å². The quantitative estimate of drug-likeness (QED) is 0.767. The fourth-order valence-corrected chi connectivity index (χ4v) is 3.99. The molecule has 1 N–H and O–H groups in total. The topological polar surface area (TPSA) is 57.1 Å². The number of rotatable bonds is 3. The minimum Gasteiger partial charge on any atom is -0.298 e. The van der Waals surface area contributed by atoms with Crippen molar-refractivity contribution >= 4 is 44.5 Å². The first-order valence-corrected chi connectivity index (χ1v) is 9.81. The first kappa shape index (κ1) is 17.1. The minimum atomic E-state index is -0.416. The highest BCUT2D eigenvalue weighted by Crippen LogP contribution is 2.34. The van der Waals surface area contributed by atoms with Gasteiger partial charge in [0.15, 0.2) is 11.3 Å². The molecule has 0 spiro atoms. The number of fused-ring (bicyclic) bond motifs is 2. The monoisotopic (exact) mass is 426 g/mol. The fraction of sp³-hybridized carbons (Fsp3) is 0.105. The molecular weight excluding hydrogens is 412 g/mol. The molecule has 0 radical (unpaired) electrons. The molecule has 1 atom stereocenters. The van der Waals surface area contributed by atoms with Gasteiger partial charge in [0.05, 0.1) is 5.36 Å². The van der Waals surface area contributed by atoms with E-state index in [1.807, 2.05) is 48.5 Å². The van der Waals surface area contributed by atoms with E-state index in [-0.39, 0.29) is 5.91 Å². The molecule has 0 aliphatic carbocycles. The third kappa shape index (κ3) is 2.97. The summed E-state index contributed by atoms with van der Waals surface area (Å²) in [7, 11) is 0. The molecule has 5 nitrogen and oxygen atoms in total. The van der Waals surface area contributed by atoms with Crippen LogP contribution in [0.2, 0.25) is 0 Å². The lowest BCUT2D eigenvalue weighted by atomic mass is 10.1. The fourth-order valence-electron chi connectivity index (χ4n) is 2.92. The number of thioether (sulfide) groups is 1. The highest BCUT2D eigenvalue weighted by Gasteiger charge is 2.34. The van der Waals surface area contributed by atoms with E-state index < -0.39 is 6.17 Å². The van der Waals surface area contributed by atoms with Gasteiger partial charge < -0.3 is 0 Å². The van der Waals surface area contributed by atoms with Crippen LogP contribution in [0.25, 0.3) is 5.70 Å². The van der Waals surface area contributed by atoms with E-state index in [2.05, 4.69) is 32.9 Å². The maximum Gasteiger partial charge on any atom is 0.276 e. The van der Waals surface area contributed by atoms with E-state index in [4.69, 9.17) is 4.99 Å². The van der Waals surface area contributed by atoms with Crippen molar-refractivity contribution in [3.8, 4) is 0 Å². The van der Waals surface area contributed by atoms with Gasteiger partial charge >= 0.3 is 0 Å². The number of nitrogens with zero attached hydrogens (tertiary/aromatic N) is 3. The lowest BCUT2D eigenvalue weighted by molar-refractivity contribution is -0.116. The summed E-state index contributed by atoms with van der Waals surface area (Å²) in [6.07, 6.45) is 1.36. The highest BCUT2D eigenvalue weighted by atomic mass is 79.9. The number of benzene rings is 2. The molecule has 2 aliphatic heterocycles. The van der Waals surface area contributed by atoms with Gasteiger partial charge in [0.25, 0.3) is 5.91 Å². The summed E-state index contributed by atoms with van der Waals surface area (Å²) in [4.78, 5) is 17.7. The molecule has 0 aromatic heterocycles. The molecule has 7 heteroatoms. The number of amidine groups is 1. The molecule has 4 rings (SSSR count). The van der Waals surface area contributed by atoms with Crippen LogP contribution in [0, 0.1) is 0 Å². The van der Waals surface area contributed by atoms with Gasteiger partial charge in [-0.3, -0.25) is 15.1 Å². The Bertz CT molecular complexity index is 1050. The van der Waals surface area contributed by atoms with Gasteiger partial charge in [-0.1, -0.05) is 70.2 Å². The van der Waals surface area contributed by atoms with Crippen LogP contribution in [0.5, 0.6) is 0 Å². The molecule has 0 fully saturated rings. The first-order valence-electron chi connectivity index (χ1n) is 8.03. The molecule has 0 saturated heterocycles. The number of carbonyl (C=O) groups is 1. The van der Waals surface area contributed by atoms with Crippen LogP contribution in [-0.2, 0) is 4.79 Å². The first-order chi connectivity index (χ1) is 12.7. The molecule has 2 heterocycles. The normalized spacial score (nSPS) is 18.3. The van der Waals surface area contributed by atoms with Crippen molar-refractivity contribution in [2.24, 2.45) is 10.1 Å². The number of halogens is 1. The molecular formula is C19H15BrN4OS. The maximum atomic E-state index is 12.9. The molecule has 0 saturated carbocycles. The van der Waals surface area contributed by atoms with Crippen molar-refractivity contribution in [1.82, 2.24) is 10.3 Å². The summed E-state index contributed by atoms with van der Waals surface area (Å²) in [5.74, 6) is 0.487. The van der Waals surface area contributed by atoms with Gasteiger partial charge in [0.2, 0.25) is 0 Å². The number of nitrogens with one attached hydrogen (secondary N) is 1. The smallest absolute Gasteiger partial charge is 0.276 e. The second kappa shape index (κ2) is 7.09. The van der Waals surface area contributed by atoms with Gasteiger partial charge in [-0.05, 0) is 12.1 Å². The van der Waals surface area contributed by atoms with Crippen molar-refractivity contribution in [3.63, 3.8) is 0 Å². The Kier molecular flexibility index (Phi) is 4.65. The van der Waals surface area contributed by atoms with Crippen molar-refractivity contribution < 1.29 is 4.79 Å². The molecule has 2 aromatic carbocycles. The number of para-hydroxylation sites is 1. The second-order valence-corrected chi connectivity index (χ2v) is 7.56. The molecule has 2 aromatic rings. The standard InChI is InChI=1S/C19H15BrN4OS/c1-2-11-26-19-22-18(25)16-13-8-4-6-10-15(13)21-17(24(16)23-19)12-7-3-5-9-14(12)20/h2-10,17H,1,11H2,(H,22,23,25). The van der Waals surface area contributed by atoms with Gasteiger partial charge in [0, 0.05) is 21.0 Å². The Hall–Kier alpha value is -2.38. The van der Waals surface area contributed by atoms with Gasteiger partial charge in [-0.15, -0.1) is 11.7 Å². The Morgan fingerprint density at radius 1 is 1.23 bits per heavy atom. The van der Waals surface area contributed by atoms with E-state index in [1.165, 1.54) is 11.8 Å². The average Bonchev–Trinajstić information content (AvgIpc) is 2.66. The zero-order valence-corrected chi connectivity index (χ0v) is 16.1. The Labute approximate surface area is 163 Å². The lowest BCUT2D eigenvalue weighted by Gasteiger charge is -2.34. The minimum absolute atomic E-state index is 0.175. The number of amides is 1. The summed E-state index contributed by atoms with van der Waals surface area (Å²) < 4.78 is 0.925. The van der Waals surface area contributed by atoms with Gasteiger partial charge in [0.1, 0.15) is 5.70 Å².